The smallest absolute Gasteiger partial charge is 0.285 e. The lowest BCUT2D eigenvalue weighted by Gasteiger charge is -2.08. The van der Waals surface area contributed by atoms with Crippen molar-refractivity contribution in [2.24, 2.45) is 0 Å². The molecule has 0 spiro atoms. The van der Waals surface area contributed by atoms with Crippen molar-refractivity contribution in [2.75, 3.05) is 7.11 Å². The molecule has 8 heteroatoms. The fraction of sp³-hybridized carbons (Fsp3) is 0.160. The summed E-state index contributed by atoms with van der Waals surface area (Å²) in [5, 5.41) is 13.4. The third-order valence-corrected chi connectivity index (χ3v) is 5.72. The van der Waals surface area contributed by atoms with Crippen LogP contribution in [-0.2, 0) is 6.42 Å². The number of methoxy groups -OCH3 is 1. The minimum Gasteiger partial charge on any atom is -0.497 e. The second kappa shape index (κ2) is 7.98. The standard InChI is InChI=1S/C25H21N5O3/c1-4-20-22(17-7-11-19(33-3)12-8-17)24-27-26-23-21(30(24)28-20)13-14-29(25(23)32)18-9-5-16(6-10-18)15(2)31/h5-14H,4H2,1-3H3. The topological polar surface area (TPSA) is 91.4 Å². The van der Waals surface area contributed by atoms with Gasteiger partial charge >= 0.3 is 0 Å². The summed E-state index contributed by atoms with van der Waals surface area (Å²) >= 11 is 0. The summed E-state index contributed by atoms with van der Waals surface area (Å²) < 4.78 is 8.44. The number of aromatic nitrogens is 5. The monoisotopic (exact) mass is 439 g/mol. The van der Waals surface area contributed by atoms with Crippen molar-refractivity contribution in [1.29, 1.82) is 0 Å². The molecule has 5 rings (SSSR count). The van der Waals surface area contributed by atoms with E-state index in [1.54, 1.807) is 42.1 Å². The maximum Gasteiger partial charge on any atom is 0.285 e. The van der Waals surface area contributed by atoms with Crippen LogP contribution in [0.1, 0.15) is 29.9 Å². The molecule has 8 nitrogen and oxygen atoms in total. The van der Waals surface area contributed by atoms with Gasteiger partial charge in [-0.25, -0.2) is 4.52 Å². The van der Waals surface area contributed by atoms with Gasteiger partial charge in [-0.15, -0.1) is 10.2 Å². The van der Waals surface area contributed by atoms with Crippen LogP contribution >= 0.6 is 0 Å². The van der Waals surface area contributed by atoms with Crippen molar-refractivity contribution >= 4 is 22.5 Å². The summed E-state index contributed by atoms with van der Waals surface area (Å²) in [6.07, 6.45) is 2.39. The molecule has 3 heterocycles. The number of carbonyl (C=O) groups excluding carboxylic acids is 1. The molecule has 0 unspecified atom stereocenters. The number of carbonyl (C=O) groups is 1. The van der Waals surface area contributed by atoms with Gasteiger partial charge in [0.1, 0.15) is 11.3 Å². The van der Waals surface area contributed by atoms with E-state index in [9.17, 15) is 9.59 Å². The molecule has 0 saturated heterocycles. The number of fused-ring (bicyclic) bond motifs is 3. The summed E-state index contributed by atoms with van der Waals surface area (Å²) in [5.41, 5.74) is 5.01. The molecular formula is C25H21N5O3. The zero-order chi connectivity index (χ0) is 23.1. The second-order valence-corrected chi connectivity index (χ2v) is 7.67. The normalized spacial score (nSPS) is 11.2. The number of hydrogen-bond acceptors (Lipinski definition) is 6. The molecule has 2 aromatic carbocycles. The van der Waals surface area contributed by atoms with Crippen LogP contribution in [-0.4, -0.2) is 37.3 Å². The summed E-state index contributed by atoms with van der Waals surface area (Å²) in [7, 11) is 1.63. The van der Waals surface area contributed by atoms with Crippen LogP contribution in [0.2, 0.25) is 0 Å². The van der Waals surface area contributed by atoms with Gasteiger partial charge in [0.25, 0.3) is 5.56 Å². The zero-order valence-corrected chi connectivity index (χ0v) is 18.4. The maximum absolute atomic E-state index is 13.2. The van der Waals surface area contributed by atoms with Crippen LogP contribution in [0, 0.1) is 0 Å². The predicted octanol–water partition coefficient (Wildman–Crippen LogP) is 3.87. The van der Waals surface area contributed by atoms with Crippen LogP contribution in [0.5, 0.6) is 5.75 Å². The summed E-state index contributed by atoms with van der Waals surface area (Å²) in [5.74, 6) is 0.737. The summed E-state index contributed by atoms with van der Waals surface area (Å²) in [6.45, 7) is 3.54. The molecule has 0 fully saturated rings. The lowest BCUT2D eigenvalue weighted by atomic mass is 10.0. The molecule has 0 radical (unpaired) electrons. The molecule has 0 atom stereocenters. The van der Waals surface area contributed by atoms with E-state index in [4.69, 9.17) is 9.84 Å². The van der Waals surface area contributed by atoms with E-state index in [0.717, 1.165) is 22.6 Å². The molecule has 164 valence electrons. The van der Waals surface area contributed by atoms with Crippen molar-refractivity contribution in [3.63, 3.8) is 0 Å². The maximum atomic E-state index is 13.2. The first kappa shape index (κ1) is 20.6. The van der Waals surface area contributed by atoms with E-state index < -0.39 is 0 Å². The first-order chi connectivity index (χ1) is 16.0. The quantitative estimate of drug-likeness (QED) is 0.386. The Balaban J connectivity index is 1.69. The van der Waals surface area contributed by atoms with E-state index in [2.05, 4.69) is 10.2 Å². The van der Waals surface area contributed by atoms with Crippen LogP contribution in [0.15, 0.2) is 65.6 Å². The van der Waals surface area contributed by atoms with Crippen molar-refractivity contribution in [3.05, 3.63) is 82.4 Å². The van der Waals surface area contributed by atoms with E-state index in [1.807, 2.05) is 37.3 Å². The highest BCUT2D eigenvalue weighted by atomic mass is 16.5. The fourth-order valence-electron chi connectivity index (χ4n) is 3.95. The van der Waals surface area contributed by atoms with Crippen molar-refractivity contribution in [3.8, 4) is 22.6 Å². The Hall–Kier alpha value is -4.33. The average molecular weight is 439 g/mol. The Morgan fingerprint density at radius 2 is 1.73 bits per heavy atom. The number of hydrogen-bond donors (Lipinski definition) is 0. The highest BCUT2D eigenvalue weighted by Gasteiger charge is 2.19. The van der Waals surface area contributed by atoms with Gasteiger partial charge in [-0.1, -0.05) is 19.1 Å². The summed E-state index contributed by atoms with van der Waals surface area (Å²) in [6, 6.07) is 16.4. The Morgan fingerprint density at radius 3 is 2.36 bits per heavy atom. The molecule has 0 aliphatic rings. The van der Waals surface area contributed by atoms with E-state index in [1.165, 1.54) is 11.5 Å². The number of Topliss-reactive ketones (excluding diaryl/α,β-unsaturated/α-hetero) is 1. The van der Waals surface area contributed by atoms with Gasteiger partial charge in [0.05, 0.1) is 18.4 Å². The highest BCUT2D eigenvalue weighted by Crippen LogP contribution is 2.30. The van der Waals surface area contributed by atoms with Gasteiger partial charge < -0.3 is 4.74 Å². The number of ether oxygens (including phenoxy) is 1. The predicted molar refractivity (Wildman–Crippen MR) is 125 cm³/mol. The number of ketones is 1. The average Bonchev–Trinajstić information content (AvgIpc) is 3.23. The van der Waals surface area contributed by atoms with Gasteiger partial charge in [0.2, 0.25) is 0 Å². The largest absolute Gasteiger partial charge is 0.497 e. The van der Waals surface area contributed by atoms with Gasteiger partial charge in [0, 0.05) is 17.4 Å². The Morgan fingerprint density at radius 1 is 1.00 bits per heavy atom. The molecule has 0 saturated carbocycles. The fourth-order valence-corrected chi connectivity index (χ4v) is 3.95. The minimum atomic E-state index is -0.308. The number of benzene rings is 2. The molecule has 0 N–H and O–H groups in total. The van der Waals surface area contributed by atoms with Gasteiger partial charge in [0.15, 0.2) is 16.9 Å². The van der Waals surface area contributed by atoms with E-state index in [0.29, 0.717) is 28.8 Å². The molecule has 0 aliphatic heterocycles. The number of rotatable bonds is 5. The number of nitrogens with zero attached hydrogens (tertiary/aromatic N) is 5. The Kier molecular flexibility index (Phi) is 4.97. The molecule has 0 bridgehead atoms. The van der Waals surface area contributed by atoms with Crippen LogP contribution < -0.4 is 10.3 Å². The molecule has 33 heavy (non-hydrogen) atoms. The van der Waals surface area contributed by atoms with Gasteiger partial charge in [-0.05, 0) is 61.4 Å². The molecule has 0 aliphatic carbocycles. The zero-order valence-electron chi connectivity index (χ0n) is 18.4. The van der Waals surface area contributed by atoms with Gasteiger partial charge in [-0.2, -0.15) is 5.10 Å². The third kappa shape index (κ3) is 3.36. The Bertz CT molecular complexity index is 1570. The minimum absolute atomic E-state index is 0.0289. The van der Waals surface area contributed by atoms with Crippen molar-refractivity contribution in [2.45, 2.75) is 20.3 Å². The first-order valence-electron chi connectivity index (χ1n) is 10.6. The first-order valence-corrected chi connectivity index (χ1v) is 10.6. The lowest BCUT2D eigenvalue weighted by Crippen LogP contribution is -2.20. The van der Waals surface area contributed by atoms with Crippen LogP contribution in [0.25, 0.3) is 33.5 Å². The number of pyridine rings is 1. The summed E-state index contributed by atoms with van der Waals surface area (Å²) in [4.78, 5) is 24.8. The lowest BCUT2D eigenvalue weighted by molar-refractivity contribution is 0.101. The second-order valence-electron chi connectivity index (χ2n) is 7.67. The molecule has 0 amide bonds. The van der Waals surface area contributed by atoms with E-state index in [-0.39, 0.29) is 16.9 Å². The van der Waals surface area contributed by atoms with Crippen LogP contribution in [0.4, 0.5) is 0 Å². The van der Waals surface area contributed by atoms with Crippen molar-refractivity contribution < 1.29 is 9.53 Å². The third-order valence-electron chi connectivity index (χ3n) is 5.72. The van der Waals surface area contributed by atoms with E-state index >= 15 is 0 Å². The SMILES string of the molecule is CCc1nn2c(nnc3c(=O)n(-c4ccc(C(C)=O)cc4)ccc32)c1-c1ccc(OC)cc1. The van der Waals surface area contributed by atoms with Crippen molar-refractivity contribution in [1.82, 2.24) is 24.4 Å². The molecule has 3 aromatic heterocycles. The highest BCUT2D eigenvalue weighted by molar-refractivity contribution is 5.94. The molecule has 5 aromatic rings. The Labute approximate surface area is 189 Å². The van der Waals surface area contributed by atoms with Crippen LogP contribution in [0.3, 0.4) is 0 Å². The number of aryl methyl sites for hydroxylation is 1. The van der Waals surface area contributed by atoms with Gasteiger partial charge in [-0.3, -0.25) is 14.2 Å². The molecular weight excluding hydrogens is 418 g/mol.